The molecule has 1 aromatic rings. The highest BCUT2D eigenvalue weighted by Crippen LogP contribution is 2.22. The van der Waals surface area contributed by atoms with Crippen molar-refractivity contribution >= 4 is 11.6 Å². The van der Waals surface area contributed by atoms with Gasteiger partial charge in [-0.3, -0.25) is 4.79 Å². The summed E-state index contributed by atoms with van der Waals surface area (Å²) in [5.74, 6) is -1.72. The van der Waals surface area contributed by atoms with Crippen LogP contribution in [0.15, 0.2) is 23.4 Å². The molecule has 1 unspecified atom stereocenters. The number of carbonyl (C=O) groups is 1. The normalized spacial score (nSPS) is 21.5. The van der Waals surface area contributed by atoms with Crippen molar-refractivity contribution in [2.24, 2.45) is 5.16 Å². The monoisotopic (exact) mass is 308 g/mol. The Labute approximate surface area is 127 Å². The number of hydrogen-bond donors (Lipinski definition) is 0. The predicted molar refractivity (Wildman–Crippen MR) is 77.4 cm³/mol. The number of carbonyl (C=O) groups excluding carboxylic acids is 1. The maximum Gasteiger partial charge on any atom is 0.226 e. The summed E-state index contributed by atoms with van der Waals surface area (Å²) in [7, 11) is 0. The lowest BCUT2D eigenvalue weighted by molar-refractivity contribution is -0.134. The van der Waals surface area contributed by atoms with Crippen LogP contribution in [0.5, 0.6) is 0 Å². The number of nitrogens with zero attached hydrogens (tertiary/aromatic N) is 2. The molecule has 3 rings (SSSR count). The van der Waals surface area contributed by atoms with Crippen LogP contribution in [-0.2, 0) is 9.63 Å². The van der Waals surface area contributed by atoms with Gasteiger partial charge in [0.2, 0.25) is 5.91 Å². The van der Waals surface area contributed by atoms with Crippen LogP contribution in [0.2, 0.25) is 0 Å². The van der Waals surface area contributed by atoms with E-state index in [1.807, 2.05) is 4.90 Å². The predicted octanol–water partition coefficient (Wildman–Crippen LogP) is 2.86. The number of benzene rings is 1. The van der Waals surface area contributed by atoms with Crippen LogP contribution in [0.4, 0.5) is 8.78 Å². The SMILES string of the molecule is O=C(CC1CC(c2ccc(F)c(F)c2)=NO1)N1CCCCC1. The number of piperidine rings is 1. The zero-order valence-electron chi connectivity index (χ0n) is 12.2. The summed E-state index contributed by atoms with van der Waals surface area (Å²) < 4.78 is 26.2. The highest BCUT2D eigenvalue weighted by molar-refractivity contribution is 6.01. The van der Waals surface area contributed by atoms with Gasteiger partial charge in [0.25, 0.3) is 0 Å². The summed E-state index contributed by atoms with van der Waals surface area (Å²) in [5.41, 5.74) is 1.04. The summed E-state index contributed by atoms with van der Waals surface area (Å²) in [5, 5.41) is 3.91. The van der Waals surface area contributed by atoms with Gasteiger partial charge >= 0.3 is 0 Å². The topological polar surface area (TPSA) is 41.9 Å². The van der Waals surface area contributed by atoms with Gasteiger partial charge in [0.05, 0.1) is 12.1 Å². The first kappa shape index (κ1) is 14.9. The quantitative estimate of drug-likeness (QED) is 0.861. The molecule has 1 atom stereocenters. The van der Waals surface area contributed by atoms with Crippen molar-refractivity contribution < 1.29 is 18.4 Å². The van der Waals surface area contributed by atoms with Gasteiger partial charge in [0.1, 0.15) is 6.10 Å². The molecule has 0 radical (unpaired) electrons. The fourth-order valence-electron chi connectivity index (χ4n) is 2.85. The number of likely N-dealkylation sites (tertiary alicyclic amines) is 1. The van der Waals surface area contributed by atoms with Crippen molar-refractivity contribution in [2.45, 2.75) is 38.2 Å². The third kappa shape index (κ3) is 3.26. The van der Waals surface area contributed by atoms with Crippen molar-refractivity contribution in [3.05, 3.63) is 35.4 Å². The molecular weight excluding hydrogens is 290 g/mol. The summed E-state index contributed by atoms with van der Waals surface area (Å²) >= 11 is 0. The fraction of sp³-hybridized carbons (Fsp3) is 0.500. The molecule has 2 aliphatic heterocycles. The van der Waals surface area contributed by atoms with Gasteiger partial charge in [-0.15, -0.1) is 0 Å². The van der Waals surface area contributed by atoms with Crippen LogP contribution in [-0.4, -0.2) is 35.7 Å². The number of amides is 1. The van der Waals surface area contributed by atoms with Crippen LogP contribution in [0.3, 0.4) is 0 Å². The van der Waals surface area contributed by atoms with E-state index in [0.717, 1.165) is 38.1 Å². The minimum Gasteiger partial charge on any atom is -0.391 e. The molecule has 1 fully saturated rings. The average Bonchev–Trinajstić information content (AvgIpc) is 2.99. The molecule has 1 aromatic carbocycles. The maximum absolute atomic E-state index is 13.3. The largest absolute Gasteiger partial charge is 0.391 e. The van der Waals surface area contributed by atoms with E-state index in [9.17, 15) is 13.6 Å². The Morgan fingerprint density at radius 3 is 2.73 bits per heavy atom. The van der Waals surface area contributed by atoms with Crippen molar-refractivity contribution in [2.75, 3.05) is 13.1 Å². The average molecular weight is 308 g/mol. The van der Waals surface area contributed by atoms with Gasteiger partial charge in [0.15, 0.2) is 11.6 Å². The Morgan fingerprint density at radius 2 is 2.00 bits per heavy atom. The molecule has 0 spiro atoms. The van der Waals surface area contributed by atoms with Gasteiger partial charge in [-0.2, -0.15) is 0 Å². The second-order valence-electron chi connectivity index (χ2n) is 5.74. The molecule has 1 saturated heterocycles. The summed E-state index contributed by atoms with van der Waals surface area (Å²) in [4.78, 5) is 19.3. The van der Waals surface area contributed by atoms with E-state index in [1.165, 1.54) is 12.5 Å². The van der Waals surface area contributed by atoms with Crippen LogP contribution < -0.4 is 0 Å². The van der Waals surface area contributed by atoms with Crippen LogP contribution in [0.1, 0.15) is 37.7 Å². The highest BCUT2D eigenvalue weighted by Gasteiger charge is 2.27. The van der Waals surface area contributed by atoms with E-state index < -0.39 is 11.6 Å². The lowest BCUT2D eigenvalue weighted by Crippen LogP contribution is -2.37. The van der Waals surface area contributed by atoms with E-state index in [0.29, 0.717) is 17.7 Å². The molecular formula is C16H18F2N2O2. The first-order valence-electron chi connectivity index (χ1n) is 7.59. The molecule has 0 bridgehead atoms. The molecule has 1 amide bonds. The minimum absolute atomic E-state index is 0.0754. The lowest BCUT2D eigenvalue weighted by Gasteiger charge is -2.27. The number of hydrogen-bond acceptors (Lipinski definition) is 3. The third-order valence-corrected chi connectivity index (χ3v) is 4.10. The molecule has 2 heterocycles. The molecule has 22 heavy (non-hydrogen) atoms. The van der Waals surface area contributed by atoms with Gasteiger partial charge < -0.3 is 9.74 Å². The number of rotatable bonds is 3. The van der Waals surface area contributed by atoms with E-state index in [2.05, 4.69) is 5.16 Å². The molecule has 2 aliphatic rings. The van der Waals surface area contributed by atoms with E-state index >= 15 is 0 Å². The smallest absolute Gasteiger partial charge is 0.226 e. The zero-order valence-corrected chi connectivity index (χ0v) is 12.2. The zero-order chi connectivity index (χ0) is 15.5. The molecule has 0 aliphatic carbocycles. The van der Waals surface area contributed by atoms with E-state index in [1.54, 1.807) is 0 Å². The van der Waals surface area contributed by atoms with E-state index in [4.69, 9.17) is 4.84 Å². The molecule has 0 saturated carbocycles. The first-order chi connectivity index (χ1) is 10.6. The summed E-state index contributed by atoms with van der Waals surface area (Å²) in [6.45, 7) is 1.62. The molecule has 4 nitrogen and oxygen atoms in total. The number of halogens is 2. The van der Waals surface area contributed by atoms with Gasteiger partial charge in [-0.25, -0.2) is 8.78 Å². The standard InChI is InChI=1S/C16H18F2N2O2/c17-13-5-4-11(8-14(13)18)15-9-12(22-19-15)10-16(21)20-6-2-1-3-7-20/h4-5,8,12H,1-3,6-7,9-10H2. The minimum atomic E-state index is -0.909. The van der Waals surface area contributed by atoms with Crippen molar-refractivity contribution in [3.8, 4) is 0 Å². The lowest BCUT2D eigenvalue weighted by atomic mass is 10.0. The summed E-state index contributed by atoms with van der Waals surface area (Å²) in [6.07, 6.45) is 3.66. The molecule has 0 N–H and O–H groups in total. The van der Waals surface area contributed by atoms with Crippen molar-refractivity contribution in [3.63, 3.8) is 0 Å². The third-order valence-electron chi connectivity index (χ3n) is 4.10. The highest BCUT2D eigenvalue weighted by atomic mass is 19.2. The second-order valence-corrected chi connectivity index (χ2v) is 5.74. The molecule has 6 heteroatoms. The van der Waals surface area contributed by atoms with Gasteiger partial charge in [0, 0.05) is 25.1 Å². The van der Waals surface area contributed by atoms with E-state index in [-0.39, 0.29) is 18.4 Å². The Bertz CT molecular complexity index is 598. The maximum atomic E-state index is 13.3. The Kier molecular flexibility index (Phi) is 4.36. The Balaban J connectivity index is 1.57. The van der Waals surface area contributed by atoms with Gasteiger partial charge in [-0.05, 0) is 37.5 Å². The number of oxime groups is 1. The molecule has 118 valence electrons. The van der Waals surface area contributed by atoms with Crippen LogP contribution in [0, 0.1) is 11.6 Å². The fourth-order valence-corrected chi connectivity index (χ4v) is 2.85. The second kappa shape index (κ2) is 6.42. The van der Waals surface area contributed by atoms with Crippen molar-refractivity contribution in [1.82, 2.24) is 4.90 Å². The van der Waals surface area contributed by atoms with Crippen molar-refractivity contribution in [1.29, 1.82) is 0 Å². The Hall–Kier alpha value is -1.98. The van der Waals surface area contributed by atoms with Crippen LogP contribution in [0.25, 0.3) is 0 Å². The first-order valence-corrected chi connectivity index (χ1v) is 7.59. The summed E-state index contributed by atoms with van der Waals surface area (Å²) in [6, 6.07) is 3.64. The molecule has 0 aromatic heterocycles. The Morgan fingerprint density at radius 1 is 1.23 bits per heavy atom. The van der Waals surface area contributed by atoms with Gasteiger partial charge in [-0.1, -0.05) is 5.16 Å². The van der Waals surface area contributed by atoms with Crippen LogP contribution >= 0.6 is 0 Å².